The molecule has 3 N–H and O–H groups in total. The summed E-state index contributed by atoms with van der Waals surface area (Å²) in [5.41, 5.74) is 7.54. The Morgan fingerprint density at radius 2 is 2.00 bits per heavy atom. The van der Waals surface area contributed by atoms with E-state index in [9.17, 15) is 4.39 Å². The van der Waals surface area contributed by atoms with Crippen molar-refractivity contribution in [3.63, 3.8) is 0 Å². The summed E-state index contributed by atoms with van der Waals surface area (Å²) in [5, 5.41) is 6.70. The van der Waals surface area contributed by atoms with E-state index in [0.717, 1.165) is 5.56 Å². The van der Waals surface area contributed by atoms with Crippen molar-refractivity contribution in [2.24, 2.45) is 0 Å². The number of H-pyrrole nitrogens is 1. The smallest absolute Gasteiger partial charge is 0.166 e. The Balaban J connectivity index is 1.88. The van der Waals surface area contributed by atoms with Gasteiger partial charge < -0.3 is 10.5 Å². The highest BCUT2D eigenvalue weighted by molar-refractivity contribution is 6.36. The topological polar surface area (TPSA) is 76.8 Å². The second kappa shape index (κ2) is 7.65. The maximum absolute atomic E-state index is 13.7. The van der Waals surface area contributed by atoms with E-state index in [1.165, 1.54) is 18.3 Å². The Hall–Kier alpha value is -2.75. The van der Waals surface area contributed by atoms with Crippen molar-refractivity contribution in [3.8, 4) is 17.6 Å². The molecule has 0 radical (unpaired) electrons. The third-order valence-corrected chi connectivity index (χ3v) is 4.23. The van der Waals surface area contributed by atoms with Gasteiger partial charge in [-0.2, -0.15) is 5.10 Å². The lowest BCUT2D eigenvalue weighted by Gasteiger charge is -2.18. The summed E-state index contributed by atoms with van der Waals surface area (Å²) in [6.07, 6.45) is 4.16. The molecule has 1 aromatic carbocycles. The van der Waals surface area contributed by atoms with E-state index in [0.29, 0.717) is 21.9 Å². The van der Waals surface area contributed by atoms with Gasteiger partial charge in [-0.25, -0.2) is 9.37 Å². The summed E-state index contributed by atoms with van der Waals surface area (Å²) in [5.74, 6) is 5.76. The van der Waals surface area contributed by atoms with Crippen LogP contribution in [0.5, 0.6) is 5.75 Å². The van der Waals surface area contributed by atoms with E-state index in [1.54, 1.807) is 25.4 Å². The predicted octanol–water partition coefficient (Wildman–Crippen LogP) is 4.37. The van der Waals surface area contributed by atoms with Crippen LogP contribution in [-0.4, -0.2) is 15.2 Å². The number of nitrogen functional groups attached to an aromatic ring is 1. The maximum atomic E-state index is 13.7. The molecule has 132 valence electrons. The normalized spacial score (nSPS) is 11.5. The molecule has 0 aliphatic rings. The van der Waals surface area contributed by atoms with Crippen LogP contribution in [0.25, 0.3) is 0 Å². The van der Waals surface area contributed by atoms with Gasteiger partial charge in [0.1, 0.15) is 11.9 Å². The molecule has 0 amide bonds. The number of rotatable bonds is 3. The fourth-order valence-corrected chi connectivity index (χ4v) is 2.92. The number of aromatic nitrogens is 3. The molecular formula is C18H13Cl2FN4O. The van der Waals surface area contributed by atoms with Crippen molar-refractivity contribution in [2.75, 3.05) is 5.73 Å². The van der Waals surface area contributed by atoms with E-state index in [1.807, 2.05) is 0 Å². The van der Waals surface area contributed by atoms with Crippen molar-refractivity contribution in [2.45, 2.75) is 13.0 Å². The van der Waals surface area contributed by atoms with Gasteiger partial charge in [0, 0.05) is 34.6 Å². The molecule has 0 saturated carbocycles. The lowest BCUT2D eigenvalue weighted by Crippen LogP contribution is -2.08. The van der Waals surface area contributed by atoms with Crippen LogP contribution in [-0.2, 0) is 0 Å². The SMILES string of the molecule is C[C@@H](Oc1cc(C#Cc2cn[nH]c2)cnc1N)c1c(Cl)ccc(F)c1Cl. The average Bonchev–Trinajstić information content (AvgIpc) is 3.13. The number of aromatic amines is 1. The zero-order valence-electron chi connectivity index (χ0n) is 13.6. The molecule has 1 atom stereocenters. The molecule has 3 aromatic rings. The number of hydrogen-bond acceptors (Lipinski definition) is 4. The minimum absolute atomic E-state index is 0.0903. The summed E-state index contributed by atoms with van der Waals surface area (Å²) < 4.78 is 19.5. The van der Waals surface area contributed by atoms with Gasteiger partial charge in [0.25, 0.3) is 0 Å². The molecule has 2 aromatic heterocycles. The standard InChI is InChI=1S/C18H13Cl2FN4O/c1-10(16-13(19)4-5-14(21)17(16)20)26-15-6-11(7-23-18(15)22)2-3-12-8-24-25-9-12/h4-10H,1H3,(H2,22,23)(H,24,25)/t10-/m1/s1. The first-order valence-corrected chi connectivity index (χ1v) is 8.27. The number of benzene rings is 1. The monoisotopic (exact) mass is 390 g/mol. The van der Waals surface area contributed by atoms with Crippen LogP contribution in [0.2, 0.25) is 10.0 Å². The predicted molar refractivity (Wildman–Crippen MR) is 98.7 cm³/mol. The Kier molecular flexibility index (Phi) is 5.31. The van der Waals surface area contributed by atoms with E-state index in [2.05, 4.69) is 27.0 Å². The second-order valence-electron chi connectivity index (χ2n) is 5.36. The summed E-state index contributed by atoms with van der Waals surface area (Å²) in [7, 11) is 0. The van der Waals surface area contributed by atoms with Gasteiger partial charge in [-0.15, -0.1) is 0 Å². The number of pyridine rings is 1. The molecule has 3 rings (SSSR count). The molecule has 0 spiro atoms. The van der Waals surface area contributed by atoms with Crippen molar-refractivity contribution < 1.29 is 9.13 Å². The Bertz CT molecular complexity index is 996. The summed E-state index contributed by atoms with van der Waals surface area (Å²) in [6, 6.07) is 4.27. The number of anilines is 1. The fourth-order valence-electron chi connectivity index (χ4n) is 2.25. The number of halogens is 3. The largest absolute Gasteiger partial charge is 0.482 e. The van der Waals surface area contributed by atoms with Gasteiger partial charge in [0.2, 0.25) is 0 Å². The number of nitrogens with two attached hydrogens (primary N) is 1. The van der Waals surface area contributed by atoms with Gasteiger partial charge >= 0.3 is 0 Å². The lowest BCUT2D eigenvalue weighted by molar-refractivity contribution is 0.227. The van der Waals surface area contributed by atoms with E-state index in [4.69, 9.17) is 33.7 Å². The van der Waals surface area contributed by atoms with Crippen LogP contribution >= 0.6 is 23.2 Å². The third-order valence-electron chi connectivity index (χ3n) is 3.52. The molecule has 0 saturated heterocycles. The van der Waals surface area contributed by atoms with Crippen molar-refractivity contribution in [1.82, 2.24) is 15.2 Å². The molecule has 0 aliphatic heterocycles. The van der Waals surface area contributed by atoms with E-state index < -0.39 is 11.9 Å². The fraction of sp³-hybridized carbons (Fsp3) is 0.111. The Morgan fingerprint density at radius 1 is 1.23 bits per heavy atom. The van der Waals surface area contributed by atoms with Crippen LogP contribution in [0.4, 0.5) is 10.2 Å². The molecular weight excluding hydrogens is 378 g/mol. The lowest BCUT2D eigenvalue weighted by atomic mass is 10.1. The molecule has 0 bridgehead atoms. The molecule has 5 nitrogen and oxygen atoms in total. The van der Waals surface area contributed by atoms with Crippen molar-refractivity contribution >= 4 is 29.0 Å². The first-order chi connectivity index (χ1) is 12.5. The van der Waals surface area contributed by atoms with E-state index >= 15 is 0 Å². The van der Waals surface area contributed by atoms with Crippen LogP contribution in [0.15, 0.2) is 36.8 Å². The van der Waals surface area contributed by atoms with Crippen LogP contribution in [0.1, 0.15) is 29.7 Å². The zero-order valence-corrected chi connectivity index (χ0v) is 15.1. The van der Waals surface area contributed by atoms with Gasteiger partial charge in [0.15, 0.2) is 11.6 Å². The summed E-state index contributed by atoms with van der Waals surface area (Å²) in [6.45, 7) is 1.69. The Morgan fingerprint density at radius 3 is 2.73 bits per heavy atom. The van der Waals surface area contributed by atoms with Gasteiger partial charge in [-0.3, -0.25) is 5.10 Å². The highest BCUT2D eigenvalue weighted by atomic mass is 35.5. The Labute approximate surface area is 159 Å². The van der Waals surface area contributed by atoms with Gasteiger partial charge in [-0.05, 0) is 19.1 Å². The number of hydrogen-bond donors (Lipinski definition) is 2. The average molecular weight is 391 g/mol. The second-order valence-corrected chi connectivity index (χ2v) is 6.15. The maximum Gasteiger partial charge on any atom is 0.166 e. The number of nitrogens with one attached hydrogen (secondary N) is 1. The van der Waals surface area contributed by atoms with E-state index in [-0.39, 0.29) is 10.8 Å². The molecule has 0 aliphatic carbocycles. The number of ether oxygens (including phenoxy) is 1. The molecule has 2 heterocycles. The van der Waals surface area contributed by atoms with Crippen molar-refractivity contribution in [3.05, 3.63) is 69.3 Å². The van der Waals surface area contributed by atoms with Crippen LogP contribution < -0.4 is 10.5 Å². The summed E-state index contributed by atoms with van der Waals surface area (Å²) >= 11 is 12.2. The molecule has 0 unspecified atom stereocenters. The zero-order chi connectivity index (χ0) is 18.7. The minimum Gasteiger partial charge on any atom is -0.482 e. The van der Waals surface area contributed by atoms with Gasteiger partial charge in [0.05, 0.1) is 16.8 Å². The van der Waals surface area contributed by atoms with Crippen LogP contribution in [0.3, 0.4) is 0 Å². The minimum atomic E-state index is -0.646. The third kappa shape index (κ3) is 3.90. The van der Waals surface area contributed by atoms with Gasteiger partial charge in [-0.1, -0.05) is 35.0 Å². The summed E-state index contributed by atoms with van der Waals surface area (Å²) in [4.78, 5) is 4.07. The highest BCUT2D eigenvalue weighted by Crippen LogP contribution is 2.35. The molecule has 0 fully saturated rings. The molecule has 8 heteroatoms. The quantitative estimate of drug-likeness (QED) is 0.514. The number of nitrogens with zero attached hydrogens (tertiary/aromatic N) is 2. The first-order valence-electron chi connectivity index (χ1n) is 7.52. The molecule has 26 heavy (non-hydrogen) atoms. The highest BCUT2D eigenvalue weighted by Gasteiger charge is 2.19. The first kappa shape index (κ1) is 18.1. The van der Waals surface area contributed by atoms with Crippen LogP contribution in [0, 0.1) is 17.7 Å². The van der Waals surface area contributed by atoms with Crippen molar-refractivity contribution in [1.29, 1.82) is 0 Å².